The molecule has 0 amide bonds. The average Bonchev–Trinajstić information content (AvgIpc) is 2.26. The molecule has 1 aromatic heterocycles. The van der Waals surface area contributed by atoms with Gasteiger partial charge in [0, 0.05) is 0 Å². The molecule has 0 bridgehead atoms. The van der Waals surface area contributed by atoms with Gasteiger partial charge in [0.15, 0.2) is 12.0 Å². The van der Waals surface area contributed by atoms with E-state index in [0.29, 0.717) is 6.29 Å². The second-order valence-corrected chi connectivity index (χ2v) is 2.54. The van der Waals surface area contributed by atoms with Crippen LogP contribution in [0, 0.1) is 11.3 Å². The van der Waals surface area contributed by atoms with Crippen LogP contribution in [0.2, 0.25) is 0 Å². The van der Waals surface area contributed by atoms with Crippen LogP contribution in [0.4, 0.5) is 8.78 Å². The van der Waals surface area contributed by atoms with Crippen molar-refractivity contribution in [1.29, 1.82) is 5.26 Å². The number of pyridine rings is 1. The first-order valence-electron chi connectivity index (χ1n) is 3.86. The number of aromatic nitrogens is 1. The standard InChI is InChI=1S/C9H6F2N2O2/c1-15-7-2-5(4-14)6(3-12)13-8(7)9(10)11/h2,4,9H,1H3. The number of alkyl halides is 2. The van der Waals surface area contributed by atoms with E-state index < -0.39 is 12.1 Å². The molecule has 0 aliphatic carbocycles. The molecule has 4 nitrogen and oxygen atoms in total. The summed E-state index contributed by atoms with van der Waals surface area (Å²) in [5.41, 5.74) is -1.04. The number of ether oxygens (including phenoxy) is 1. The molecule has 0 saturated heterocycles. The van der Waals surface area contributed by atoms with E-state index in [-0.39, 0.29) is 17.0 Å². The highest BCUT2D eigenvalue weighted by Gasteiger charge is 2.19. The van der Waals surface area contributed by atoms with Crippen molar-refractivity contribution in [2.45, 2.75) is 6.43 Å². The zero-order chi connectivity index (χ0) is 11.4. The number of halogens is 2. The van der Waals surface area contributed by atoms with E-state index in [0.717, 1.165) is 6.07 Å². The monoisotopic (exact) mass is 212 g/mol. The fourth-order valence-electron chi connectivity index (χ4n) is 1.02. The van der Waals surface area contributed by atoms with E-state index >= 15 is 0 Å². The number of aldehydes is 1. The van der Waals surface area contributed by atoms with Gasteiger partial charge in [-0.25, -0.2) is 13.8 Å². The van der Waals surface area contributed by atoms with Crippen LogP contribution in [0.1, 0.15) is 28.2 Å². The van der Waals surface area contributed by atoms with E-state index in [2.05, 4.69) is 9.72 Å². The highest BCUT2D eigenvalue weighted by atomic mass is 19.3. The molecule has 0 unspecified atom stereocenters. The second-order valence-electron chi connectivity index (χ2n) is 2.54. The Balaban J connectivity index is 3.42. The van der Waals surface area contributed by atoms with Crippen molar-refractivity contribution in [3.63, 3.8) is 0 Å². The number of nitriles is 1. The molecule has 0 saturated carbocycles. The van der Waals surface area contributed by atoms with E-state index in [1.54, 1.807) is 6.07 Å². The van der Waals surface area contributed by atoms with Crippen molar-refractivity contribution in [2.24, 2.45) is 0 Å². The van der Waals surface area contributed by atoms with Gasteiger partial charge in [0.2, 0.25) is 0 Å². The normalized spacial score (nSPS) is 9.80. The Bertz CT molecular complexity index is 427. The maximum atomic E-state index is 12.4. The summed E-state index contributed by atoms with van der Waals surface area (Å²) in [6.07, 6.45) is -2.49. The van der Waals surface area contributed by atoms with Crippen molar-refractivity contribution < 1.29 is 18.3 Å². The fourth-order valence-corrected chi connectivity index (χ4v) is 1.02. The molecular formula is C9H6F2N2O2. The van der Waals surface area contributed by atoms with Gasteiger partial charge < -0.3 is 4.74 Å². The summed E-state index contributed by atoms with van der Waals surface area (Å²) in [6.45, 7) is 0. The Hall–Kier alpha value is -2.03. The molecule has 0 atom stereocenters. The molecule has 1 aromatic rings. The fraction of sp³-hybridized carbons (Fsp3) is 0.222. The van der Waals surface area contributed by atoms with E-state index in [9.17, 15) is 13.6 Å². The third kappa shape index (κ3) is 2.07. The quantitative estimate of drug-likeness (QED) is 0.715. The molecule has 1 heterocycles. The van der Waals surface area contributed by atoms with Crippen LogP contribution in [-0.4, -0.2) is 18.4 Å². The first kappa shape index (κ1) is 11.0. The maximum absolute atomic E-state index is 12.4. The predicted octanol–water partition coefficient (Wildman–Crippen LogP) is 1.71. The van der Waals surface area contributed by atoms with Crippen LogP contribution >= 0.6 is 0 Å². The molecule has 78 valence electrons. The molecular weight excluding hydrogens is 206 g/mol. The average molecular weight is 212 g/mol. The Morgan fingerprint density at radius 3 is 2.73 bits per heavy atom. The highest BCUT2D eigenvalue weighted by Crippen LogP contribution is 2.28. The molecule has 0 N–H and O–H groups in total. The molecule has 0 spiro atoms. The highest BCUT2D eigenvalue weighted by molar-refractivity contribution is 5.79. The summed E-state index contributed by atoms with van der Waals surface area (Å²) >= 11 is 0. The smallest absolute Gasteiger partial charge is 0.284 e. The zero-order valence-corrected chi connectivity index (χ0v) is 7.70. The summed E-state index contributed by atoms with van der Waals surface area (Å²) in [5.74, 6) is -0.203. The van der Waals surface area contributed by atoms with Gasteiger partial charge in [0.25, 0.3) is 6.43 Å². The Morgan fingerprint density at radius 2 is 2.33 bits per heavy atom. The van der Waals surface area contributed by atoms with Crippen LogP contribution in [0.5, 0.6) is 5.75 Å². The summed E-state index contributed by atoms with van der Waals surface area (Å²) in [6, 6.07) is 2.63. The van der Waals surface area contributed by atoms with Crippen molar-refractivity contribution in [3.8, 4) is 11.8 Å². The summed E-state index contributed by atoms with van der Waals surface area (Å²) in [5, 5.41) is 8.56. The number of carbonyl (C=O) groups is 1. The number of carbonyl (C=O) groups excluding carboxylic acids is 1. The molecule has 0 fully saturated rings. The van der Waals surface area contributed by atoms with E-state index in [1.807, 2.05) is 0 Å². The molecule has 15 heavy (non-hydrogen) atoms. The van der Waals surface area contributed by atoms with Gasteiger partial charge in [0.1, 0.15) is 17.5 Å². The molecule has 6 heteroatoms. The Morgan fingerprint density at radius 1 is 1.67 bits per heavy atom. The molecule has 0 aromatic carbocycles. The van der Waals surface area contributed by atoms with Crippen LogP contribution in [-0.2, 0) is 0 Å². The number of nitrogens with zero attached hydrogens (tertiary/aromatic N) is 2. The van der Waals surface area contributed by atoms with Gasteiger partial charge in [0.05, 0.1) is 12.7 Å². The molecule has 1 rings (SSSR count). The van der Waals surface area contributed by atoms with E-state index in [1.165, 1.54) is 7.11 Å². The zero-order valence-electron chi connectivity index (χ0n) is 7.70. The number of methoxy groups -OCH3 is 1. The first-order chi connectivity index (χ1) is 7.13. The lowest BCUT2D eigenvalue weighted by Gasteiger charge is -2.07. The third-order valence-electron chi connectivity index (χ3n) is 1.70. The molecule has 0 aliphatic heterocycles. The minimum Gasteiger partial charge on any atom is -0.495 e. The summed E-state index contributed by atoms with van der Waals surface area (Å²) in [4.78, 5) is 13.9. The summed E-state index contributed by atoms with van der Waals surface area (Å²) < 4.78 is 29.5. The van der Waals surface area contributed by atoms with Gasteiger partial charge in [-0.1, -0.05) is 0 Å². The SMILES string of the molecule is COc1cc(C=O)c(C#N)nc1C(F)F. The summed E-state index contributed by atoms with van der Waals surface area (Å²) in [7, 11) is 1.18. The lowest BCUT2D eigenvalue weighted by atomic mass is 10.2. The topological polar surface area (TPSA) is 63.0 Å². The van der Waals surface area contributed by atoms with Gasteiger partial charge >= 0.3 is 0 Å². The van der Waals surface area contributed by atoms with Gasteiger partial charge in [-0.2, -0.15) is 5.26 Å². The van der Waals surface area contributed by atoms with Crippen molar-refractivity contribution in [3.05, 3.63) is 23.0 Å². The van der Waals surface area contributed by atoms with Crippen LogP contribution < -0.4 is 4.74 Å². The second kappa shape index (κ2) is 4.46. The minimum atomic E-state index is -2.85. The Kier molecular flexibility index (Phi) is 3.29. The molecule has 0 aliphatic rings. The van der Waals surface area contributed by atoms with Gasteiger partial charge in [-0.3, -0.25) is 4.79 Å². The minimum absolute atomic E-state index is 0.0706. The van der Waals surface area contributed by atoms with Crippen molar-refractivity contribution >= 4 is 6.29 Å². The van der Waals surface area contributed by atoms with Crippen molar-refractivity contribution in [1.82, 2.24) is 4.98 Å². The third-order valence-corrected chi connectivity index (χ3v) is 1.70. The first-order valence-corrected chi connectivity index (χ1v) is 3.86. The lowest BCUT2D eigenvalue weighted by molar-refractivity contribution is 0.112. The van der Waals surface area contributed by atoms with Crippen LogP contribution in [0.25, 0.3) is 0 Å². The van der Waals surface area contributed by atoms with Crippen LogP contribution in [0.15, 0.2) is 6.07 Å². The van der Waals surface area contributed by atoms with Gasteiger partial charge in [-0.15, -0.1) is 0 Å². The number of rotatable bonds is 3. The number of hydrogen-bond acceptors (Lipinski definition) is 4. The Labute approximate surface area is 84.1 Å². The van der Waals surface area contributed by atoms with E-state index in [4.69, 9.17) is 5.26 Å². The lowest BCUT2D eigenvalue weighted by Crippen LogP contribution is -2.02. The maximum Gasteiger partial charge on any atom is 0.284 e. The number of hydrogen-bond donors (Lipinski definition) is 0. The van der Waals surface area contributed by atoms with Crippen LogP contribution in [0.3, 0.4) is 0 Å². The predicted molar refractivity (Wildman–Crippen MR) is 45.8 cm³/mol. The van der Waals surface area contributed by atoms with Crippen molar-refractivity contribution in [2.75, 3.05) is 7.11 Å². The largest absolute Gasteiger partial charge is 0.495 e. The van der Waals surface area contributed by atoms with Gasteiger partial charge in [-0.05, 0) is 6.07 Å². The molecule has 0 radical (unpaired) electrons.